The quantitative estimate of drug-likeness (QED) is 0.141. The van der Waals surface area contributed by atoms with E-state index in [1.54, 1.807) is 0 Å². The van der Waals surface area contributed by atoms with Gasteiger partial charge in [0.05, 0.1) is 0 Å². The van der Waals surface area contributed by atoms with E-state index in [1.165, 1.54) is 46.8 Å². The number of hydrogen-bond donors (Lipinski definition) is 1. The van der Waals surface area contributed by atoms with Crippen LogP contribution in [0.1, 0.15) is 44.6 Å². The van der Waals surface area contributed by atoms with Crippen molar-refractivity contribution < 1.29 is 23.7 Å². The lowest BCUT2D eigenvalue weighted by atomic mass is 9.50. The largest absolute Gasteiger partial charge is 0.489 e. The SMILES string of the molecule is CC1(OC(=O)COc2ccc(COc3ccc([SH]4c5ccccc5Oc5ccccc54)cc3)cc2)C2CC3CC(C2)CC1C3. The molecule has 4 aromatic rings. The zero-order valence-electron chi connectivity index (χ0n) is 25.0. The molecule has 4 bridgehead atoms. The second-order valence-corrected chi connectivity index (χ2v) is 15.2. The fourth-order valence-electron chi connectivity index (χ4n) is 8.23. The smallest absolute Gasteiger partial charge is 0.344 e. The first-order chi connectivity index (χ1) is 21.5. The predicted octanol–water partition coefficient (Wildman–Crippen LogP) is 8.99. The van der Waals surface area contributed by atoms with Crippen LogP contribution in [0.15, 0.2) is 112 Å². The van der Waals surface area contributed by atoms with Gasteiger partial charge in [-0.05, 0) is 134 Å². The van der Waals surface area contributed by atoms with Crippen LogP contribution in [0.25, 0.3) is 0 Å². The van der Waals surface area contributed by atoms with Gasteiger partial charge in [-0.2, -0.15) is 10.9 Å². The van der Waals surface area contributed by atoms with E-state index in [2.05, 4.69) is 43.3 Å². The Labute approximate surface area is 261 Å². The Hall–Kier alpha value is -3.90. The molecule has 5 aliphatic rings. The third-order valence-electron chi connectivity index (χ3n) is 10.3. The Morgan fingerprint density at radius 3 is 1.89 bits per heavy atom. The lowest BCUT2D eigenvalue weighted by molar-refractivity contribution is -0.204. The van der Waals surface area contributed by atoms with Crippen molar-refractivity contribution in [3.05, 3.63) is 103 Å². The van der Waals surface area contributed by atoms with Crippen LogP contribution < -0.4 is 14.2 Å². The van der Waals surface area contributed by atoms with Gasteiger partial charge in [0.25, 0.3) is 0 Å². The van der Waals surface area contributed by atoms with Gasteiger partial charge in [-0.25, -0.2) is 4.79 Å². The minimum absolute atomic E-state index is 0.0618. The lowest BCUT2D eigenvalue weighted by Crippen LogP contribution is -2.58. The molecule has 44 heavy (non-hydrogen) atoms. The molecule has 4 fully saturated rings. The van der Waals surface area contributed by atoms with Crippen LogP contribution in [0.3, 0.4) is 0 Å². The normalized spacial score (nSPS) is 26.7. The van der Waals surface area contributed by atoms with Crippen molar-refractivity contribution >= 4 is 16.9 Å². The molecule has 5 nitrogen and oxygen atoms in total. The molecule has 0 spiro atoms. The van der Waals surface area contributed by atoms with Crippen molar-refractivity contribution in [2.45, 2.75) is 65.9 Å². The predicted molar refractivity (Wildman–Crippen MR) is 171 cm³/mol. The molecule has 0 unspecified atom stereocenters. The van der Waals surface area contributed by atoms with Gasteiger partial charge < -0.3 is 18.9 Å². The molecule has 226 valence electrons. The monoisotopic (exact) mass is 606 g/mol. The second-order valence-electron chi connectivity index (χ2n) is 13.1. The average molecular weight is 607 g/mol. The minimum Gasteiger partial charge on any atom is -0.489 e. The van der Waals surface area contributed by atoms with Crippen molar-refractivity contribution in [1.29, 1.82) is 0 Å². The molecule has 9 rings (SSSR count). The summed E-state index contributed by atoms with van der Waals surface area (Å²) in [6.07, 6.45) is 6.24. The number of esters is 1. The number of ether oxygens (including phenoxy) is 4. The summed E-state index contributed by atoms with van der Waals surface area (Å²) in [5.74, 6) is 5.78. The van der Waals surface area contributed by atoms with Crippen LogP contribution in [0.4, 0.5) is 0 Å². The number of fused-ring (bicyclic) bond motifs is 2. The van der Waals surface area contributed by atoms with Crippen LogP contribution >= 0.6 is 10.9 Å². The van der Waals surface area contributed by atoms with Crippen molar-refractivity contribution in [2.24, 2.45) is 23.7 Å². The Morgan fingerprint density at radius 2 is 1.27 bits per heavy atom. The van der Waals surface area contributed by atoms with Crippen LogP contribution in [0, 0.1) is 23.7 Å². The van der Waals surface area contributed by atoms with Crippen molar-refractivity contribution in [1.82, 2.24) is 0 Å². The fraction of sp³-hybridized carbons (Fsp3) is 0.342. The third kappa shape index (κ3) is 5.13. The highest BCUT2D eigenvalue weighted by molar-refractivity contribution is 8.17. The first-order valence-electron chi connectivity index (χ1n) is 15.8. The summed E-state index contributed by atoms with van der Waals surface area (Å²) in [7, 11) is -0.715. The number of para-hydroxylation sites is 2. The van der Waals surface area contributed by atoms with Gasteiger partial charge in [-0.15, -0.1) is 0 Å². The highest BCUT2D eigenvalue weighted by Crippen LogP contribution is 2.61. The number of hydrogen-bond acceptors (Lipinski definition) is 5. The standard InChI is InChI=1S/C38H38O5S/c1-38(28-19-26-18-27(21-28)22-29(38)20-26)43-37(39)24-41-30-12-10-25(11-13-30)23-40-31-14-16-32(17-15-31)44-35-8-4-2-6-33(35)42-34-7-3-5-9-36(34)44/h2-17,26-29,44H,18-24H2,1H3. The number of thiol groups is 1. The van der Waals surface area contributed by atoms with E-state index in [-0.39, 0.29) is 18.2 Å². The summed E-state index contributed by atoms with van der Waals surface area (Å²) in [4.78, 5) is 16.5. The van der Waals surface area contributed by atoms with E-state index in [4.69, 9.17) is 18.9 Å². The molecule has 0 N–H and O–H groups in total. The van der Waals surface area contributed by atoms with E-state index >= 15 is 0 Å². The molecule has 4 aromatic carbocycles. The maximum atomic E-state index is 12.8. The van der Waals surface area contributed by atoms with Crippen LogP contribution in [-0.4, -0.2) is 18.2 Å². The molecule has 0 saturated heterocycles. The summed E-state index contributed by atoms with van der Waals surface area (Å²) in [6, 6.07) is 32.8. The van der Waals surface area contributed by atoms with Crippen LogP contribution in [-0.2, 0) is 16.1 Å². The first kappa shape index (κ1) is 27.6. The number of carbonyl (C=O) groups excluding carboxylic acids is 1. The summed E-state index contributed by atoms with van der Waals surface area (Å²) in [5.41, 5.74) is 0.704. The summed E-state index contributed by atoms with van der Waals surface area (Å²) >= 11 is 0. The van der Waals surface area contributed by atoms with Gasteiger partial charge in [0.2, 0.25) is 0 Å². The molecular formula is C38H38O5S. The fourth-order valence-corrected chi connectivity index (χ4v) is 10.6. The summed E-state index contributed by atoms with van der Waals surface area (Å²) in [6.45, 7) is 2.55. The topological polar surface area (TPSA) is 54.0 Å². The lowest BCUT2D eigenvalue weighted by Gasteiger charge is -2.59. The van der Waals surface area contributed by atoms with Crippen molar-refractivity contribution in [2.75, 3.05) is 6.61 Å². The molecule has 1 heterocycles. The number of rotatable bonds is 8. The molecule has 0 radical (unpaired) electrons. The van der Waals surface area contributed by atoms with E-state index in [0.717, 1.165) is 34.6 Å². The van der Waals surface area contributed by atoms with Crippen LogP contribution in [0.2, 0.25) is 0 Å². The van der Waals surface area contributed by atoms with Gasteiger partial charge >= 0.3 is 5.97 Å². The van der Waals surface area contributed by atoms with E-state index < -0.39 is 10.9 Å². The number of carbonyl (C=O) groups is 1. The Balaban J connectivity index is 0.861. The van der Waals surface area contributed by atoms with Crippen LogP contribution in [0.5, 0.6) is 23.0 Å². The maximum absolute atomic E-state index is 12.8. The van der Waals surface area contributed by atoms with Gasteiger partial charge in [0.1, 0.15) is 35.2 Å². The minimum atomic E-state index is -0.715. The first-order valence-corrected chi connectivity index (χ1v) is 17.2. The van der Waals surface area contributed by atoms with E-state index in [9.17, 15) is 4.79 Å². The van der Waals surface area contributed by atoms with Crippen molar-refractivity contribution in [3.8, 4) is 23.0 Å². The Kier molecular flexibility index (Phi) is 7.05. The number of benzene rings is 4. The molecule has 6 heteroatoms. The Morgan fingerprint density at radius 1 is 0.727 bits per heavy atom. The van der Waals surface area contributed by atoms with Gasteiger partial charge in [-0.1, -0.05) is 36.4 Å². The zero-order valence-corrected chi connectivity index (χ0v) is 25.9. The van der Waals surface area contributed by atoms with E-state index in [1.807, 2.05) is 60.7 Å². The second kappa shape index (κ2) is 11.2. The maximum Gasteiger partial charge on any atom is 0.344 e. The van der Waals surface area contributed by atoms with Gasteiger partial charge in [0, 0.05) is 9.79 Å². The molecule has 0 amide bonds. The summed E-state index contributed by atoms with van der Waals surface area (Å²) < 4.78 is 24.3. The zero-order chi connectivity index (χ0) is 29.7. The average Bonchev–Trinajstić information content (AvgIpc) is 3.05. The summed E-state index contributed by atoms with van der Waals surface area (Å²) in [5, 5.41) is 0. The molecule has 1 aliphatic heterocycles. The van der Waals surface area contributed by atoms with E-state index in [0.29, 0.717) is 24.2 Å². The van der Waals surface area contributed by atoms with Crippen molar-refractivity contribution in [3.63, 3.8) is 0 Å². The molecule has 4 aliphatic carbocycles. The molecule has 4 saturated carbocycles. The third-order valence-corrected chi connectivity index (χ3v) is 12.8. The highest BCUT2D eigenvalue weighted by Gasteiger charge is 2.57. The highest BCUT2D eigenvalue weighted by atomic mass is 32.2. The Bertz CT molecular complexity index is 1590. The molecule has 0 aromatic heterocycles. The molecule has 0 atom stereocenters. The molecular weight excluding hydrogens is 568 g/mol. The van der Waals surface area contributed by atoms with Gasteiger partial charge in [0.15, 0.2) is 6.61 Å². The van der Waals surface area contributed by atoms with Gasteiger partial charge in [-0.3, -0.25) is 0 Å².